The second-order valence-corrected chi connectivity index (χ2v) is 5.38. The molecule has 0 saturated heterocycles. The highest BCUT2D eigenvalue weighted by atomic mass is 14.3. The molecule has 1 aliphatic rings. The molecule has 0 heteroatoms. The SMILES string of the molecule is CC1(C)CC=CCC(C)(C)C1. The first-order valence-electron chi connectivity index (χ1n) is 4.56. The van der Waals surface area contributed by atoms with Crippen molar-refractivity contribution in [2.45, 2.75) is 47.0 Å². The van der Waals surface area contributed by atoms with Gasteiger partial charge in [-0.05, 0) is 30.1 Å². The first-order chi connectivity index (χ1) is 4.91. The van der Waals surface area contributed by atoms with Gasteiger partial charge in [-0.3, -0.25) is 0 Å². The molecule has 0 nitrogen and oxygen atoms in total. The lowest BCUT2D eigenvalue weighted by Gasteiger charge is -2.31. The van der Waals surface area contributed by atoms with Crippen molar-refractivity contribution in [3.05, 3.63) is 12.2 Å². The van der Waals surface area contributed by atoms with Gasteiger partial charge in [-0.1, -0.05) is 39.8 Å². The first-order valence-corrected chi connectivity index (χ1v) is 4.56. The largest absolute Gasteiger partial charge is 0.0880 e. The van der Waals surface area contributed by atoms with Gasteiger partial charge in [0.25, 0.3) is 0 Å². The summed E-state index contributed by atoms with van der Waals surface area (Å²) in [4.78, 5) is 0. The van der Waals surface area contributed by atoms with E-state index in [1.54, 1.807) is 0 Å². The topological polar surface area (TPSA) is 0 Å². The van der Waals surface area contributed by atoms with Crippen molar-refractivity contribution in [2.75, 3.05) is 0 Å². The van der Waals surface area contributed by atoms with E-state index < -0.39 is 0 Å². The van der Waals surface area contributed by atoms with Crippen LogP contribution in [0, 0.1) is 10.8 Å². The van der Waals surface area contributed by atoms with Crippen LogP contribution < -0.4 is 0 Å². The Balaban J connectivity index is 2.72. The molecular formula is C11H20. The highest BCUT2D eigenvalue weighted by Gasteiger charge is 2.28. The van der Waals surface area contributed by atoms with Crippen molar-refractivity contribution in [3.8, 4) is 0 Å². The van der Waals surface area contributed by atoms with Gasteiger partial charge in [0, 0.05) is 0 Å². The van der Waals surface area contributed by atoms with Crippen molar-refractivity contribution in [2.24, 2.45) is 10.8 Å². The Morgan fingerprint density at radius 2 is 1.18 bits per heavy atom. The second kappa shape index (κ2) is 2.66. The van der Waals surface area contributed by atoms with E-state index in [0.717, 1.165) is 0 Å². The molecule has 0 fully saturated rings. The second-order valence-electron chi connectivity index (χ2n) is 5.38. The Labute approximate surface area is 70.7 Å². The Morgan fingerprint density at radius 1 is 0.818 bits per heavy atom. The third-order valence-corrected chi connectivity index (χ3v) is 2.46. The molecule has 0 unspecified atom stereocenters. The van der Waals surface area contributed by atoms with Gasteiger partial charge in [-0.2, -0.15) is 0 Å². The summed E-state index contributed by atoms with van der Waals surface area (Å²) in [5, 5.41) is 0. The normalized spacial score (nSPS) is 28.0. The van der Waals surface area contributed by atoms with Crippen LogP contribution >= 0.6 is 0 Å². The van der Waals surface area contributed by atoms with Crippen LogP contribution in [0.5, 0.6) is 0 Å². The highest BCUT2D eigenvalue weighted by Crippen LogP contribution is 2.40. The molecule has 0 aromatic heterocycles. The van der Waals surface area contributed by atoms with E-state index in [9.17, 15) is 0 Å². The maximum absolute atomic E-state index is 2.37. The predicted octanol–water partition coefficient (Wildman–Crippen LogP) is 3.78. The standard InChI is InChI=1S/C11H20/c1-10(2)7-5-6-8-11(3,4)9-10/h5-6H,7-9H2,1-4H3. The maximum Gasteiger partial charge on any atom is -0.0299 e. The third-order valence-electron chi connectivity index (χ3n) is 2.46. The van der Waals surface area contributed by atoms with Gasteiger partial charge >= 0.3 is 0 Å². The fourth-order valence-corrected chi connectivity index (χ4v) is 2.24. The van der Waals surface area contributed by atoms with Crippen LogP contribution in [-0.4, -0.2) is 0 Å². The quantitative estimate of drug-likeness (QED) is 0.463. The van der Waals surface area contributed by atoms with Crippen LogP contribution in [0.25, 0.3) is 0 Å². The summed E-state index contributed by atoms with van der Waals surface area (Å²) in [7, 11) is 0. The van der Waals surface area contributed by atoms with Gasteiger partial charge < -0.3 is 0 Å². The summed E-state index contributed by atoms with van der Waals surface area (Å²) in [6.45, 7) is 9.46. The highest BCUT2D eigenvalue weighted by molar-refractivity contribution is 4.97. The number of allylic oxidation sites excluding steroid dienone is 2. The zero-order valence-corrected chi connectivity index (χ0v) is 8.28. The molecule has 1 aliphatic carbocycles. The molecule has 0 aromatic carbocycles. The minimum absolute atomic E-state index is 0.510. The Kier molecular flexibility index (Phi) is 2.13. The van der Waals surface area contributed by atoms with Gasteiger partial charge in [0.2, 0.25) is 0 Å². The van der Waals surface area contributed by atoms with Gasteiger partial charge in [-0.25, -0.2) is 0 Å². The Hall–Kier alpha value is -0.260. The van der Waals surface area contributed by atoms with Crippen molar-refractivity contribution < 1.29 is 0 Å². The summed E-state index contributed by atoms with van der Waals surface area (Å²) < 4.78 is 0. The zero-order chi connectivity index (χ0) is 8.54. The molecule has 0 amide bonds. The molecule has 11 heavy (non-hydrogen) atoms. The fourth-order valence-electron chi connectivity index (χ4n) is 2.24. The van der Waals surface area contributed by atoms with Crippen LogP contribution in [0.1, 0.15) is 47.0 Å². The van der Waals surface area contributed by atoms with Crippen molar-refractivity contribution in [1.29, 1.82) is 0 Å². The Morgan fingerprint density at radius 3 is 1.55 bits per heavy atom. The van der Waals surface area contributed by atoms with E-state index in [1.807, 2.05) is 0 Å². The van der Waals surface area contributed by atoms with E-state index >= 15 is 0 Å². The molecule has 0 N–H and O–H groups in total. The Bertz CT molecular complexity index is 143. The van der Waals surface area contributed by atoms with Crippen molar-refractivity contribution in [1.82, 2.24) is 0 Å². The fraction of sp³-hybridized carbons (Fsp3) is 0.818. The van der Waals surface area contributed by atoms with Gasteiger partial charge in [0.05, 0.1) is 0 Å². The molecule has 0 saturated carbocycles. The molecule has 0 heterocycles. The summed E-state index contributed by atoms with van der Waals surface area (Å²) in [5.74, 6) is 0. The molecule has 0 bridgehead atoms. The van der Waals surface area contributed by atoms with Crippen LogP contribution in [0.4, 0.5) is 0 Å². The lowest BCUT2D eigenvalue weighted by atomic mass is 9.74. The van der Waals surface area contributed by atoms with Crippen LogP contribution in [0.15, 0.2) is 12.2 Å². The maximum atomic E-state index is 2.37. The van der Waals surface area contributed by atoms with Gasteiger partial charge in [-0.15, -0.1) is 0 Å². The average molecular weight is 152 g/mol. The molecule has 0 aromatic rings. The summed E-state index contributed by atoms with van der Waals surface area (Å²) in [6.07, 6.45) is 8.52. The van der Waals surface area contributed by atoms with E-state index in [1.165, 1.54) is 19.3 Å². The number of hydrogen-bond acceptors (Lipinski definition) is 0. The predicted molar refractivity (Wildman–Crippen MR) is 50.6 cm³/mol. The van der Waals surface area contributed by atoms with Gasteiger partial charge in [0.15, 0.2) is 0 Å². The van der Waals surface area contributed by atoms with Crippen LogP contribution in [-0.2, 0) is 0 Å². The smallest absolute Gasteiger partial charge is 0.0299 e. The average Bonchev–Trinajstić information content (AvgIpc) is 1.86. The number of hydrogen-bond donors (Lipinski definition) is 0. The first kappa shape index (κ1) is 8.83. The monoisotopic (exact) mass is 152 g/mol. The molecule has 0 radical (unpaired) electrons. The summed E-state index contributed by atoms with van der Waals surface area (Å²) >= 11 is 0. The van der Waals surface area contributed by atoms with E-state index in [-0.39, 0.29) is 0 Å². The summed E-state index contributed by atoms with van der Waals surface area (Å²) in [5.41, 5.74) is 1.02. The van der Waals surface area contributed by atoms with Crippen molar-refractivity contribution in [3.63, 3.8) is 0 Å². The molecule has 64 valence electrons. The molecular weight excluding hydrogens is 132 g/mol. The van der Waals surface area contributed by atoms with Gasteiger partial charge in [0.1, 0.15) is 0 Å². The van der Waals surface area contributed by atoms with Crippen LogP contribution in [0.3, 0.4) is 0 Å². The number of rotatable bonds is 0. The summed E-state index contributed by atoms with van der Waals surface area (Å²) in [6, 6.07) is 0. The molecule has 1 rings (SSSR count). The minimum Gasteiger partial charge on any atom is -0.0880 e. The van der Waals surface area contributed by atoms with E-state index in [2.05, 4.69) is 39.8 Å². The van der Waals surface area contributed by atoms with E-state index in [4.69, 9.17) is 0 Å². The molecule has 0 spiro atoms. The van der Waals surface area contributed by atoms with E-state index in [0.29, 0.717) is 10.8 Å². The lowest BCUT2D eigenvalue weighted by Crippen LogP contribution is -2.20. The molecule has 0 atom stereocenters. The van der Waals surface area contributed by atoms with Crippen LogP contribution in [0.2, 0.25) is 0 Å². The zero-order valence-electron chi connectivity index (χ0n) is 8.28. The lowest BCUT2D eigenvalue weighted by molar-refractivity contribution is 0.206. The molecule has 0 aliphatic heterocycles. The van der Waals surface area contributed by atoms with Crippen molar-refractivity contribution >= 4 is 0 Å². The third kappa shape index (κ3) is 2.69. The minimum atomic E-state index is 0.510.